The van der Waals surface area contributed by atoms with E-state index >= 15 is 0 Å². The van der Waals surface area contributed by atoms with Crippen molar-refractivity contribution in [1.82, 2.24) is 4.90 Å². The fraction of sp³-hybridized carbons (Fsp3) is 0.321. The van der Waals surface area contributed by atoms with Gasteiger partial charge in [-0.25, -0.2) is 0 Å². The Labute approximate surface area is 214 Å². The summed E-state index contributed by atoms with van der Waals surface area (Å²) in [7, 11) is 3.25. The topological polar surface area (TPSA) is 68.2 Å². The highest BCUT2D eigenvalue weighted by Crippen LogP contribution is 2.43. The summed E-state index contributed by atoms with van der Waals surface area (Å²) in [4.78, 5) is 13.8. The number of rotatable bonds is 9. The van der Waals surface area contributed by atoms with Crippen molar-refractivity contribution >= 4 is 21.9 Å². The first-order valence-electron chi connectivity index (χ1n) is 11.6. The standard InChI is InChI=1S/C28H30BrNO5/c1-33-24-16-22(17-25(34-2)27(24)35-18-19-7-4-3-5-8-19)26(21-9-6-10-23(29)15-21)30-13-11-20(12-14-30)28(31)32/h3-10,15-17,20,26H,11-14,18H2,1-2H3,(H,31,32). The molecule has 3 aromatic carbocycles. The van der Waals surface area contributed by atoms with E-state index in [-0.39, 0.29) is 12.0 Å². The van der Waals surface area contributed by atoms with E-state index in [1.54, 1.807) is 14.2 Å². The van der Waals surface area contributed by atoms with Crippen LogP contribution in [0.1, 0.15) is 35.6 Å². The molecule has 1 saturated heterocycles. The number of hydrogen-bond acceptors (Lipinski definition) is 5. The van der Waals surface area contributed by atoms with Crippen LogP contribution in [0.3, 0.4) is 0 Å². The lowest BCUT2D eigenvalue weighted by atomic mass is 9.91. The van der Waals surface area contributed by atoms with Gasteiger partial charge in [0.2, 0.25) is 5.75 Å². The molecule has 0 aliphatic carbocycles. The molecule has 6 nitrogen and oxygen atoms in total. The molecule has 0 saturated carbocycles. The van der Waals surface area contributed by atoms with Gasteiger partial charge in [0.05, 0.1) is 26.2 Å². The SMILES string of the molecule is COc1cc(C(c2cccc(Br)c2)N2CCC(C(=O)O)CC2)cc(OC)c1OCc1ccccc1. The molecule has 7 heteroatoms. The number of halogens is 1. The van der Waals surface area contributed by atoms with Crippen molar-refractivity contribution in [3.63, 3.8) is 0 Å². The Kier molecular flexibility index (Phi) is 8.31. The van der Waals surface area contributed by atoms with E-state index in [0.29, 0.717) is 49.8 Å². The fourth-order valence-electron chi connectivity index (χ4n) is 4.63. The monoisotopic (exact) mass is 539 g/mol. The first-order valence-corrected chi connectivity index (χ1v) is 12.4. The molecule has 0 aromatic heterocycles. The van der Waals surface area contributed by atoms with Crippen LogP contribution in [0.4, 0.5) is 0 Å². The van der Waals surface area contributed by atoms with Gasteiger partial charge < -0.3 is 19.3 Å². The van der Waals surface area contributed by atoms with Crippen molar-refractivity contribution in [3.8, 4) is 17.2 Å². The van der Waals surface area contributed by atoms with E-state index in [1.807, 2.05) is 54.6 Å². The van der Waals surface area contributed by atoms with E-state index in [4.69, 9.17) is 14.2 Å². The highest BCUT2D eigenvalue weighted by molar-refractivity contribution is 9.10. The maximum atomic E-state index is 11.5. The van der Waals surface area contributed by atoms with Crippen LogP contribution < -0.4 is 14.2 Å². The van der Waals surface area contributed by atoms with Gasteiger partial charge in [0, 0.05) is 4.47 Å². The zero-order valence-electron chi connectivity index (χ0n) is 19.9. The summed E-state index contributed by atoms with van der Waals surface area (Å²) in [6, 6.07) is 22.1. The number of piperidine rings is 1. The summed E-state index contributed by atoms with van der Waals surface area (Å²) >= 11 is 3.60. The Bertz CT molecular complexity index is 1120. The fourth-order valence-corrected chi connectivity index (χ4v) is 5.04. The van der Waals surface area contributed by atoms with E-state index in [1.165, 1.54) is 0 Å². The van der Waals surface area contributed by atoms with Gasteiger partial charge in [-0.2, -0.15) is 0 Å². The highest BCUT2D eigenvalue weighted by atomic mass is 79.9. The molecule has 35 heavy (non-hydrogen) atoms. The predicted octanol–water partition coefficient (Wildman–Crippen LogP) is 5.93. The van der Waals surface area contributed by atoms with Crippen molar-refractivity contribution in [2.45, 2.75) is 25.5 Å². The molecule has 1 atom stereocenters. The van der Waals surface area contributed by atoms with Gasteiger partial charge >= 0.3 is 5.97 Å². The second-order valence-corrected chi connectivity index (χ2v) is 9.55. The quantitative estimate of drug-likeness (QED) is 0.363. The maximum Gasteiger partial charge on any atom is 0.306 e. The molecule has 4 rings (SSSR count). The van der Waals surface area contributed by atoms with Crippen molar-refractivity contribution in [2.24, 2.45) is 5.92 Å². The molecule has 1 N–H and O–H groups in total. The van der Waals surface area contributed by atoms with Crippen LogP contribution in [0.25, 0.3) is 0 Å². The van der Waals surface area contributed by atoms with Crippen LogP contribution in [0.2, 0.25) is 0 Å². The smallest absolute Gasteiger partial charge is 0.306 e. The molecular weight excluding hydrogens is 510 g/mol. The van der Waals surface area contributed by atoms with Gasteiger partial charge in [-0.05, 0) is 66.9 Å². The molecule has 1 heterocycles. The largest absolute Gasteiger partial charge is 0.493 e. The second-order valence-electron chi connectivity index (χ2n) is 8.63. The van der Waals surface area contributed by atoms with Gasteiger partial charge in [0.25, 0.3) is 0 Å². The molecule has 184 valence electrons. The van der Waals surface area contributed by atoms with Crippen LogP contribution in [-0.4, -0.2) is 43.3 Å². The number of hydrogen-bond donors (Lipinski definition) is 1. The minimum atomic E-state index is -0.716. The number of nitrogens with zero attached hydrogens (tertiary/aromatic N) is 1. The van der Waals surface area contributed by atoms with Crippen LogP contribution in [-0.2, 0) is 11.4 Å². The molecule has 1 unspecified atom stereocenters. The summed E-state index contributed by atoms with van der Waals surface area (Å²) < 4.78 is 18.6. The van der Waals surface area contributed by atoms with Gasteiger partial charge in [-0.15, -0.1) is 0 Å². The molecule has 1 aliphatic heterocycles. The highest BCUT2D eigenvalue weighted by Gasteiger charge is 2.31. The Morgan fingerprint density at radius 2 is 1.63 bits per heavy atom. The number of carbonyl (C=O) groups is 1. The molecule has 0 amide bonds. The van der Waals surface area contributed by atoms with Crippen LogP contribution in [0.15, 0.2) is 71.2 Å². The number of ether oxygens (including phenoxy) is 3. The van der Waals surface area contributed by atoms with Gasteiger partial charge in [-0.1, -0.05) is 58.4 Å². The Balaban J connectivity index is 1.70. The average Bonchev–Trinajstić information content (AvgIpc) is 2.88. The lowest BCUT2D eigenvalue weighted by Crippen LogP contribution is -2.39. The molecule has 0 bridgehead atoms. The van der Waals surface area contributed by atoms with E-state index < -0.39 is 5.97 Å². The Morgan fingerprint density at radius 1 is 0.971 bits per heavy atom. The van der Waals surface area contributed by atoms with Gasteiger partial charge in [0.15, 0.2) is 11.5 Å². The number of carboxylic acid groups (broad SMARTS) is 1. The first kappa shape index (κ1) is 25.1. The van der Waals surface area contributed by atoms with Crippen molar-refractivity contribution in [1.29, 1.82) is 0 Å². The maximum absolute atomic E-state index is 11.5. The molecular formula is C28H30BrNO5. The number of benzene rings is 3. The van der Waals surface area contributed by atoms with Crippen molar-refractivity contribution < 1.29 is 24.1 Å². The Morgan fingerprint density at radius 3 is 2.20 bits per heavy atom. The zero-order valence-corrected chi connectivity index (χ0v) is 21.5. The normalized spacial score (nSPS) is 15.4. The summed E-state index contributed by atoms with van der Waals surface area (Å²) in [6.07, 6.45) is 1.23. The second kappa shape index (κ2) is 11.6. The van der Waals surface area contributed by atoms with Crippen LogP contribution >= 0.6 is 15.9 Å². The predicted molar refractivity (Wildman–Crippen MR) is 138 cm³/mol. The summed E-state index contributed by atoms with van der Waals surface area (Å²) in [5.74, 6) is 0.728. The third-order valence-electron chi connectivity index (χ3n) is 6.43. The molecule has 1 fully saturated rings. The summed E-state index contributed by atoms with van der Waals surface area (Å²) in [5.41, 5.74) is 3.15. The number of aliphatic carboxylic acids is 1. The van der Waals surface area contributed by atoms with E-state index in [0.717, 1.165) is 21.2 Å². The lowest BCUT2D eigenvalue weighted by Gasteiger charge is -2.37. The minimum Gasteiger partial charge on any atom is -0.493 e. The third-order valence-corrected chi connectivity index (χ3v) is 6.93. The van der Waals surface area contributed by atoms with Gasteiger partial charge in [-0.3, -0.25) is 9.69 Å². The average molecular weight is 540 g/mol. The number of methoxy groups -OCH3 is 2. The van der Waals surface area contributed by atoms with E-state index in [9.17, 15) is 9.90 Å². The Hall–Kier alpha value is -3.03. The summed E-state index contributed by atoms with van der Waals surface area (Å²) in [5, 5.41) is 9.46. The van der Waals surface area contributed by atoms with E-state index in [2.05, 4.69) is 33.0 Å². The minimum absolute atomic E-state index is 0.0896. The van der Waals surface area contributed by atoms with Gasteiger partial charge in [0.1, 0.15) is 6.61 Å². The van der Waals surface area contributed by atoms with Crippen molar-refractivity contribution in [3.05, 3.63) is 87.9 Å². The van der Waals surface area contributed by atoms with Crippen molar-refractivity contribution in [2.75, 3.05) is 27.3 Å². The van der Waals surface area contributed by atoms with Crippen LogP contribution in [0, 0.1) is 5.92 Å². The first-order chi connectivity index (χ1) is 17.0. The zero-order chi connectivity index (χ0) is 24.8. The third kappa shape index (κ3) is 5.97. The molecule has 1 aliphatic rings. The lowest BCUT2D eigenvalue weighted by molar-refractivity contribution is -0.143. The number of carboxylic acids is 1. The number of likely N-dealkylation sites (tertiary alicyclic amines) is 1. The molecule has 0 spiro atoms. The summed E-state index contributed by atoms with van der Waals surface area (Å²) in [6.45, 7) is 1.76. The molecule has 0 radical (unpaired) electrons. The van der Waals surface area contributed by atoms with Crippen LogP contribution in [0.5, 0.6) is 17.2 Å². The molecule has 3 aromatic rings.